The number of ether oxygens (including phenoxy) is 2. The number of hydrogen-bond donors (Lipinski definition) is 1. The zero-order chi connectivity index (χ0) is 14.5. The monoisotopic (exact) mass is 351 g/mol. The van der Waals surface area contributed by atoms with E-state index in [0.717, 1.165) is 10.0 Å². The molecule has 0 amide bonds. The normalized spacial score (nSPS) is 10.1. The molecule has 0 saturated carbocycles. The third-order valence-corrected chi connectivity index (χ3v) is 3.44. The Morgan fingerprint density at radius 1 is 1.15 bits per heavy atom. The zero-order valence-electron chi connectivity index (χ0n) is 10.9. The predicted octanol–water partition coefficient (Wildman–Crippen LogP) is 4.27. The maximum Gasteiger partial charge on any atom is 0.169 e. The Bertz CT molecular complexity index is 631. The van der Waals surface area contributed by atoms with Gasteiger partial charge in [-0.15, -0.1) is 0 Å². The van der Waals surface area contributed by atoms with Crippen LogP contribution in [0.15, 0.2) is 46.9 Å². The minimum absolute atomic E-state index is 0.354. The van der Waals surface area contributed by atoms with Crippen LogP contribution < -0.4 is 15.2 Å². The summed E-state index contributed by atoms with van der Waals surface area (Å²) in [5.41, 5.74) is 6.39. The molecule has 0 unspecified atom stereocenters. The lowest BCUT2D eigenvalue weighted by molar-refractivity contribution is 0.321. The molecule has 0 spiro atoms. The van der Waals surface area contributed by atoms with Crippen LogP contribution in [-0.2, 0) is 0 Å². The van der Waals surface area contributed by atoms with Gasteiger partial charge in [0.2, 0.25) is 0 Å². The standard InChI is InChI=1S/C15H14BrNO2S/c1-2-18-13-5-3-4-6-14(13)19-12-8-7-10(15(17)20)9-11(12)16/h3-9H,2H2,1H3,(H2,17,20). The molecule has 0 aliphatic rings. The van der Waals surface area contributed by atoms with E-state index in [4.69, 9.17) is 27.4 Å². The van der Waals surface area contributed by atoms with E-state index in [-0.39, 0.29) is 0 Å². The maximum atomic E-state index is 5.87. The first-order valence-corrected chi connectivity index (χ1v) is 7.31. The number of hydrogen-bond acceptors (Lipinski definition) is 3. The molecule has 0 aliphatic carbocycles. The van der Waals surface area contributed by atoms with Crippen LogP contribution in [0, 0.1) is 0 Å². The third-order valence-electron chi connectivity index (χ3n) is 2.59. The Morgan fingerprint density at radius 2 is 1.85 bits per heavy atom. The Kier molecular flexibility index (Phi) is 4.98. The van der Waals surface area contributed by atoms with Crippen molar-refractivity contribution in [2.45, 2.75) is 6.92 Å². The summed E-state index contributed by atoms with van der Waals surface area (Å²) in [4.78, 5) is 0.354. The van der Waals surface area contributed by atoms with Gasteiger partial charge in [0, 0.05) is 5.56 Å². The van der Waals surface area contributed by atoms with Crippen LogP contribution in [0.3, 0.4) is 0 Å². The van der Waals surface area contributed by atoms with Gasteiger partial charge in [-0.2, -0.15) is 0 Å². The molecule has 0 saturated heterocycles. The summed E-state index contributed by atoms with van der Waals surface area (Å²) in [6.07, 6.45) is 0. The summed E-state index contributed by atoms with van der Waals surface area (Å²) in [5, 5.41) is 0. The van der Waals surface area contributed by atoms with Crippen molar-refractivity contribution < 1.29 is 9.47 Å². The second-order valence-corrected chi connectivity index (χ2v) is 5.29. The maximum absolute atomic E-state index is 5.87. The molecule has 2 rings (SSSR count). The van der Waals surface area contributed by atoms with Crippen molar-refractivity contribution in [3.63, 3.8) is 0 Å². The molecule has 5 heteroatoms. The van der Waals surface area contributed by atoms with E-state index >= 15 is 0 Å². The van der Waals surface area contributed by atoms with Crippen molar-refractivity contribution in [3.05, 3.63) is 52.5 Å². The number of halogens is 1. The van der Waals surface area contributed by atoms with Gasteiger partial charge in [-0.25, -0.2) is 0 Å². The van der Waals surface area contributed by atoms with Crippen molar-refractivity contribution >= 4 is 33.1 Å². The average Bonchev–Trinajstić information content (AvgIpc) is 2.43. The first kappa shape index (κ1) is 14.8. The lowest BCUT2D eigenvalue weighted by Crippen LogP contribution is -2.09. The fourth-order valence-electron chi connectivity index (χ4n) is 1.66. The molecule has 0 heterocycles. The van der Waals surface area contributed by atoms with Crippen LogP contribution in [0.25, 0.3) is 0 Å². The summed E-state index contributed by atoms with van der Waals surface area (Å²) in [7, 11) is 0. The van der Waals surface area contributed by atoms with Crippen molar-refractivity contribution in [2.24, 2.45) is 5.73 Å². The van der Waals surface area contributed by atoms with E-state index in [1.807, 2.05) is 49.4 Å². The Hall–Kier alpha value is -1.59. The number of benzene rings is 2. The lowest BCUT2D eigenvalue weighted by Gasteiger charge is -2.12. The van der Waals surface area contributed by atoms with Crippen LogP contribution in [0.2, 0.25) is 0 Å². The molecule has 2 aromatic rings. The van der Waals surface area contributed by atoms with E-state index in [1.165, 1.54) is 0 Å². The molecule has 0 fully saturated rings. The van der Waals surface area contributed by atoms with Crippen LogP contribution >= 0.6 is 28.1 Å². The van der Waals surface area contributed by atoms with Gasteiger partial charge in [-0.3, -0.25) is 0 Å². The van der Waals surface area contributed by atoms with Gasteiger partial charge in [0.25, 0.3) is 0 Å². The highest BCUT2D eigenvalue weighted by atomic mass is 79.9. The summed E-state index contributed by atoms with van der Waals surface area (Å²) < 4.78 is 12.2. The van der Waals surface area contributed by atoms with E-state index in [1.54, 1.807) is 0 Å². The second kappa shape index (κ2) is 6.72. The van der Waals surface area contributed by atoms with Gasteiger partial charge < -0.3 is 15.2 Å². The summed E-state index contributed by atoms with van der Waals surface area (Å²) in [6.45, 7) is 2.52. The Balaban J connectivity index is 2.28. The van der Waals surface area contributed by atoms with Gasteiger partial charge in [0.05, 0.1) is 11.1 Å². The molecule has 2 N–H and O–H groups in total. The molecule has 0 radical (unpaired) electrons. The molecule has 0 aliphatic heterocycles. The van der Waals surface area contributed by atoms with E-state index < -0.39 is 0 Å². The van der Waals surface area contributed by atoms with Crippen molar-refractivity contribution in [3.8, 4) is 17.2 Å². The Labute approximate surface area is 131 Å². The van der Waals surface area contributed by atoms with Gasteiger partial charge in [0.1, 0.15) is 10.7 Å². The first-order chi connectivity index (χ1) is 9.61. The number of para-hydroxylation sites is 2. The van der Waals surface area contributed by atoms with Crippen LogP contribution in [0.1, 0.15) is 12.5 Å². The van der Waals surface area contributed by atoms with Crippen LogP contribution in [0.4, 0.5) is 0 Å². The summed E-state index contributed by atoms with van der Waals surface area (Å²) >= 11 is 8.40. The second-order valence-electron chi connectivity index (χ2n) is 3.99. The number of nitrogens with two attached hydrogens (primary N) is 1. The Morgan fingerprint density at radius 3 is 2.45 bits per heavy atom. The summed E-state index contributed by atoms with van der Waals surface area (Å²) in [6, 6.07) is 13.0. The molecule has 0 atom stereocenters. The highest BCUT2D eigenvalue weighted by molar-refractivity contribution is 9.10. The topological polar surface area (TPSA) is 44.5 Å². The largest absolute Gasteiger partial charge is 0.490 e. The quantitative estimate of drug-likeness (QED) is 0.816. The molecular weight excluding hydrogens is 338 g/mol. The molecular formula is C15H14BrNO2S. The molecule has 20 heavy (non-hydrogen) atoms. The number of thiocarbonyl (C=S) groups is 1. The number of rotatable bonds is 5. The van der Waals surface area contributed by atoms with Gasteiger partial charge in [-0.05, 0) is 53.2 Å². The minimum atomic E-state index is 0.354. The smallest absolute Gasteiger partial charge is 0.169 e. The lowest BCUT2D eigenvalue weighted by atomic mass is 10.2. The highest BCUT2D eigenvalue weighted by Crippen LogP contribution is 2.35. The molecule has 3 nitrogen and oxygen atoms in total. The summed E-state index contributed by atoms with van der Waals surface area (Å²) in [5.74, 6) is 2.05. The fraction of sp³-hybridized carbons (Fsp3) is 0.133. The average molecular weight is 352 g/mol. The van der Waals surface area contributed by atoms with Gasteiger partial charge >= 0.3 is 0 Å². The zero-order valence-corrected chi connectivity index (χ0v) is 13.3. The van der Waals surface area contributed by atoms with Crippen molar-refractivity contribution in [1.82, 2.24) is 0 Å². The molecule has 2 aromatic carbocycles. The third kappa shape index (κ3) is 3.49. The first-order valence-electron chi connectivity index (χ1n) is 6.11. The molecule has 0 bridgehead atoms. The minimum Gasteiger partial charge on any atom is -0.490 e. The predicted molar refractivity (Wildman–Crippen MR) is 87.7 cm³/mol. The van der Waals surface area contributed by atoms with E-state index in [2.05, 4.69) is 15.9 Å². The van der Waals surface area contributed by atoms with Crippen molar-refractivity contribution in [2.75, 3.05) is 6.61 Å². The van der Waals surface area contributed by atoms with E-state index in [9.17, 15) is 0 Å². The molecule has 104 valence electrons. The van der Waals surface area contributed by atoms with Crippen LogP contribution in [-0.4, -0.2) is 11.6 Å². The fourth-order valence-corrected chi connectivity index (χ4v) is 2.25. The van der Waals surface area contributed by atoms with Gasteiger partial charge in [-0.1, -0.05) is 24.4 Å². The van der Waals surface area contributed by atoms with E-state index in [0.29, 0.717) is 28.8 Å². The SMILES string of the molecule is CCOc1ccccc1Oc1ccc(C(N)=S)cc1Br. The van der Waals surface area contributed by atoms with Gasteiger partial charge in [0.15, 0.2) is 11.5 Å². The molecule has 0 aromatic heterocycles. The van der Waals surface area contributed by atoms with Crippen molar-refractivity contribution in [1.29, 1.82) is 0 Å². The highest BCUT2D eigenvalue weighted by Gasteiger charge is 2.09. The van der Waals surface area contributed by atoms with Crippen LogP contribution in [0.5, 0.6) is 17.2 Å².